The Morgan fingerprint density at radius 1 is 1.25 bits per heavy atom. The lowest BCUT2D eigenvalue weighted by Crippen LogP contribution is -2.31. The van der Waals surface area contributed by atoms with Crippen molar-refractivity contribution in [3.05, 3.63) is 44.8 Å². The van der Waals surface area contributed by atoms with Crippen LogP contribution in [-0.2, 0) is 10.0 Å². The van der Waals surface area contributed by atoms with Crippen LogP contribution in [-0.4, -0.2) is 24.4 Å². The molecule has 0 aliphatic carbocycles. The van der Waals surface area contributed by atoms with Crippen molar-refractivity contribution in [2.75, 3.05) is 6.54 Å². The standard InChI is InChI=1S/C16H18Cl2N2O3S/c1-9-7-12(17)11(3)16(15(9)18)24(21,22)20-6-4-5-13(20)14-8-10(2)19-23-14/h7-8,13H,4-6H2,1-3H3. The van der Waals surface area contributed by atoms with E-state index in [1.165, 1.54) is 4.31 Å². The van der Waals surface area contributed by atoms with Gasteiger partial charge in [0, 0.05) is 17.6 Å². The zero-order valence-electron chi connectivity index (χ0n) is 13.6. The Morgan fingerprint density at radius 3 is 2.58 bits per heavy atom. The van der Waals surface area contributed by atoms with E-state index in [2.05, 4.69) is 5.16 Å². The molecule has 8 heteroatoms. The summed E-state index contributed by atoms with van der Waals surface area (Å²) >= 11 is 12.5. The van der Waals surface area contributed by atoms with Crippen molar-refractivity contribution in [2.24, 2.45) is 0 Å². The number of nitrogens with zero attached hydrogens (tertiary/aromatic N) is 2. The van der Waals surface area contributed by atoms with Gasteiger partial charge in [-0.15, -0.1) is 0 Å². The molecule has 2 aromatic rings. The number of sulfonamides is 1. The predicted molar refractivity (Wildman–Crippen MR) is 93.0 cm³/mol. The lowest BCUT2D eigenvalue weighted by Gasteiger charge is -2.24. The van der Waals surface area contributed by atoms with Crippen LogP contribution in [0.1, 0.15) is 41.5 Å². The largest absolute Gasteiger partial charge is 0.359 e. The molecule has 0 N–H and O–H groups in total. The molecule has 130 valence electrons. The van der Waals surface area contributed by atoms with Gasteiger partial charge >= 0.3 is 0 Å². The normalized spacial score (nSPS) is 19.1. The lowest BCUT2D eigenvalue weighted by molar-refractivity contribution is 0.297. The maximum atomic E-state index is 13.3. The minimum atomic E-state index is -3.80. The topological polar surface area (TPSA) is 63.4 Å². The lowest BCUT2D eigenvalue weighted by atomic mass is 10.2. The van der Waals surface area contributed by atoms with Gasteiger partial charge in [-0.2, -0.15) is 4.31 Å². The molecule has 0 radical (unpaired) electrons. The molecule has 0 bridgehead atoms. The van der Waals surface area contributed by atoms with Crippen LogP contribution in [0.25, 0.3) is 0 Å². The average molecular weight is 389 g/mol. The molecule has 1 aliphatic rings. The van der Waals surface area contributed by atoms with Crippen molar-refractivity contribution in [3.8, 4) is 0 Å². The number of hydrogen-bond acceptors (Lipinski definition) is 4. The van der Waals surface area contributed by atoms with Crippen LogP contribution in [0.3, 0.4) is 0 Å². The monoisotopic (exact) mass is 388 g/mol. The fourth-order valence-corrected chi connectivity index (χ4v) is 5.93. The molecule has 1 aromatic heterocycles. The van der Waals surface area contributed by atoms with Gasteiger partial charge in [0.15, 0.2) is 5.76 Å². The Morgan fingerprint density at radius 2 is 1.96 bits per heavy atom. The van der Waals surface area contributed by atoms with Crippen molar-refractivity contribution in [3.63, 3.8) is 0 Å². The Labute approximate surface area is 151 Å². The fraction of sp³-hybridized carbons (Fsp3) is 0.438. The zero-order chi connectivity index (χ0) is 17.6. The van der Waals surface area contributed by atoms with Gasteiger partial charge in [-0.1, -0.05) is 28.4 Å². The van der Waals surface area contributed by atoms with Crippen LogP contribution < -0.4 is 0 Å². The molecular weight excluding hydrogens is 371 g/mol. The zero-order valence-corrected chi connectivity index (χ0v) is 16.0. The summed E-state index contributed by atoms with van der Waals surface area (Å²) in [5, 5.41) is 4.48. The first kappa shape index (κ1) is 17.7. The van der Waals surface area contributed by atoms with Crippen molar-refractivity contribution in [1.29, 1.82) is 0 Å². The molecule has 1 unspecified atom stereocenters. The molecule has 1 fully saturated rings. The summed E-state index contributed by atoms with van der Waals surface area (Å²) < 4.78 is 33.3. The molecule has 1 aliphatic heterocycles. The third kappa shape index (κ3) is 2.86. The maximum Gasteiger partial charge on any atom is 0.245 e. The molecule has 5 nitrogen and oxygen atoms in total. The van der Waals surface area contributed by atoms with Crippen molar-refractivity contribution < 1.29 is 12.9 Å². The molecule has 0 saturated carbocycles. The molecule has 1 aromatic carbocycles. The highest BCUT2D eigenvalue weighted by molar-refractivity contribution is 7.89. The number of hydrogen-bond donors (Lipinski definition) is 0. The minimum Gasteiger partial charge on any atom is -0.359 e. The van der Waals surface area contributed by atoms with Crippen molar-refractivity contribution in [2.45, 2.75) is 44.6 Å². The summed E-state index contributed by atoms with van der Waals surface area (Å²) in [5.74, 6) is 0.557. The average Bonchev–Trinajstić information content (AvgIpc) is 3.13. The predicted octanol–water partition coefficient (Wildman–Crippen LogP) is 4.43. The van der Waals surface area contributed by atoms with Gasteiger partial charge in [0.2, 0.25) is 10.0 Å². The smallest absolute Gasteiger partial charge is 0.245 e. The van der Waals surface area contributed by atoms with Gasteiger partial charge in [0.1, 0.15) is 4.90 Å². The van der Waals surface area contributed by atoms with Crippen LogP contribution in [0.2, 0.25) is 10.0 Å². The summed E-state index contributed by atoms with van der Waals surface area (Å²) in [4.78, 5) is 0.0808. The Bertz CT molecular complexity index is 867. The van der Waals surface area contributed by atoms with E-state index in [1.54, 1.807) is 26.0 Å². The second-order valence-corrected chi connectivity index (χ2v) is 8.70. The van der Waals surface area contributed by atoms with Crippen LogP contribution in [0.4, 0.5) is 0 Å². The van der Waals surface area contributed by atoms with E-state index in [4.69, 9.17) is 27.7 Å². The van der Waals surface area contributed by atoms with Crippen molar-refractivity contribution in [1.82, 2.24) is 9.46 Å². The molecule has 0 spiro atoms. The molecule has 2 heterocycles. The van der Waals surface area contributed by atoms with Crippen molar-refractivity contribution >= 4 is 33.2 Å². The fourth-order valence-electron chi connectivity index (χ4n) is 3.09. The van der Waals surface area contributed by atoms with E-state index in [-0.39, 0.29) is 16.0 Å². The third-order valence-corrected chi connectivity index (χ3v) is 7.41. The van der Waals surface area contributed by atoms with Crippen LogP contribution in [0.5, 0.6) is 0 Å². The van der Waals surface area contributed by atoms with Crippen LogP contribution >= 0.6 is 23.2 Å². The Kier molecular flexibility index (Phi) is 4.68. The quantitative estimate of drug-likeness (QED) is 0.779. The van der Waals surface area contributed by atoms with Gasteiger partial charge in [-0.05, 0) is 50.8 Å². The summed E-state index contributed by atoms with van der Waals surface area (Å²) in [5.41, 5.74) is 1.82. The first-order chi connectivity index (χ1) is 11.2. The number of halogens is 2. The maximum absolute atomic E-state index is 13.3. The first-order valence-corrected chi connectivity index (χ1v) is 9.83. The molecule has 1 atom stereocenters. The van der Waals surface area contributed by atoms with E-state index in [9.17, 15) is 8.42 Å². The molecular formula is C16H18Cl2N2O3S. The second kappa shape index (κ2) is 6.33. The summed E-state index contributed by atoms with van der Waals surface area (Å²) in [6, 6.07) is 3.08. The highest BCUT2D eigenvalue weighted by atomic mass is 35.5. The van der Waals surface area contributed by atoms with Gasteiger partial charge < -0.3 is 4.52 Å². The minimum absolute atomic E-state index is 0.0808. The van der Waals surface area contributed by atoms with E-state index < -0.39 is 10.0 Å². The molecule has 24 heavy (non-hydrogen) atoms. The number of aromatic nitrogens is 1. The van der Waals surface area contributed by atoms with Crippen LogP contribution in [0, 0.1) is 20.8 Å². The first-order valence-electron chi connectivity index (χ1n) is 7.63. The Balaban J connectivity index is 2.11. The van der Waals surface area contributed by atoms with Gasteiger partial charge in [0.05, 0.1) is 16.8 Å². The highest BCUT2D eigenvalue weighted by Crippen LogP contribution is 2.41. The van der Waals surface area contributed by atoms with Gasteiger partial charge in [-0.25, -0.2) is 8.42 Å². The second-order valence-electron chi connectivity index (χ2n) is 6.09. The molecule has 1 saturated heterocycles. The number of rotatable bonds is 3. The molecule has 3 rings (SSSR count). The number of aryl methyl sites for hydroxylation is 2. The van der Waals surface area contributed by atoms with Crippen LogP contribution in [0.15, 0.2) is 21.6 Å². The van der Waals surface area contributed by atoms with Gasteiger partial charge in [0.25, 0.3) is 0 Å². The van der Waals surface area contributed by atoms with Gasteiger partial charge in [-0.3, -0.25) is 0 Å². The highest BCUT2D eigenvalue weighted by Gasteiger charge is 2.40. The number of benzene rings is 1. The Hall–Kier alpha value is -1.08. The van der Waals surface area contributed by atoms with E-state index in [1.807, 2.05) is 6.92 Å². The SMILES string of the molecule is Cc1cc(C2CCCN2S(=O)(=O)c2c(C)c(Cl)cc(C)c2Cl)on1. The van der Waals surface area contributed by atoms with E-state index in [0.717, 1.165) is 12.1 Å². The van der Waals surface area contributed by atoms with E-state index in [0.29, 0.717) is 34.9 Å². The summed E-state index contributed by atoms with van der Waals surface area (Å²) in [6.07, 6.45) is 1.43. The summed E-state index contributed by atoms with van der Waals surface area (Å²) in [7, 11) is -3.80. The van der Waals surface area contributed by atoms with E-state index >= 15 is 0 Å². The summed E-state index contributed by atoms with van der Waals surface area (Å²) in [6.45, 7) is 5.63. The third-order valence-electron chi connectivity index (χ3n) is 4.33. The molecule has 0 amide bonds.